The molecule has 88 valence electrons. The van der Waals surface area contributed by atoms with E-state index < -0.39 is 0 Å². The van der Waals surface area contributed by atoms with E-state index in [0.29, 0.717) is 6.17 Å². The molecule has 0 spiro atoms. The van der Waals surface area contributed by atoms with E-state index in [9.17, 15) is 0 Å². The molecular formula is C13H26N2. The Labute approximate surface area is 94.9 Å². The van der Waals surface area contributed by atoms with Crippen molar-refractivity contribution < 1.29 is 0 Å². The molecule has 0 aliphatic carbocycles. The molecule has 0 radical (unpaired) electrons. The van der Waals surface area contributed by atoms with E-state index in [0.717, 1.165) is 6.54 Å². The third-order valence-electron chi connectivity index (χ3n) is 3.22. The molecule has 1 unspecified atom stereocenters. The molecule has 1 aliphatic rings. The van der Waals surface area contributed by atoms with Crippen LogP contribution in [0.1, 0.15) is 52.9 Å². The Kier molecular flexibility index (Phi) is 5.59. The van der Waals surface area contributed by atoms with Gasteiger partial charge in [0, 0.05) is 25.5 Å². The third kappa shape index (κ3) is 3.44. The van der Waals surface area contributed by atoms with Crippen LogP contribution in [0.15, 0.2) is 12.4 Å². The van der Waals surface area contributed by atoms with Crippen LogP contribution < -0.4 is 0 Å². The highest BCUT2D eigenvalue weighted by Crippen LogP contribution is 2.19. The Morgan fingerprint density at radius 3 is 2.27 bits per heavy atom. The van der Waals surface area contributed by atoms with Crippen LogP contribution in [0.25, 0.3) is 0 Å². The Bertz CT molecular complexity index is 189. The van der Waals surface area contributed by atoms with Gasteiger partial charge in [-0.25, -0.2) is 0 Å². The van der Waals surface area contributed by atoms with E-state index in [1.165, 1.54) is 38.6 Å². The summed E-state index contributed by atoms with van der Waals surface area (Å²) in [6, 6.07) is 0. The molecule has 1 aliphatic heterocycles. The molecule has 0 aromatic heterocycles. The normalized spacial score (nSPS) is 20.3. The van der Waals surface area contributed by atoms with E-state index >= 15 is 0 Å². The fraction of sp³-hybridized carbons (Fsp3) is 0.846. The van der Waals surface area contributed by atoms with Gasteiger partial charge in [0.05, 0.1) is 0 Å². The lowest BCUT2D eigenvalue weighted by Gasteiger charge is -2.31. The molecule has 15 heavy (non-hydrogen) atoms. The van der Waals surface area contributed by atoms with Gasteiger partial charge in [0.1, 0.15) is 6.17 Å². The summed E-state index contributed by atoms with van der Waals surface area (Å²) in [5, 5.41) is 0. The van der Waals surface area contributed by atoms with E-state index in [1.54, 1.807) is 0 Å². The van der Waals surface area contributed by atoms with E-state index in [-0.39, 0.29) is 0 Å². The Balaban J connectivity index is 2.26. The van der Waals surface area contributed by atoms with Crippen molar-refractivity contribution in [2.75, 3.05) is 13.1 Å². The van der Waals surface area contributed by atoms with Gasteiger partial charge >= 0.3 is 0 Å². The second-order valence-electron chi connectivity index (χ2n) is 4.32. The largest absolute Gasteiger partial charge is 0.356 e. The SMILES string of the molecule is CCCCCCN1C=CN(CC)C1CC. The van der Waals surface area contributed by atoms with Gasteiger partial charge < -0.3 is 9.80 Å². The van der Waals surface area contributed by atoms with Crippen molar-refractivity contribution in [3.63, 3.8) is 0 Å². The minimum absolute atomic E-state index is 0.622. The molecule has 1 atom stereocenters. The first kappa shape index (κ1) is 12.4. The first-order chi connectivity index (χ1) is 7.33. The van der Waals surface area contributed by atoms with Crippen molar-refractivity contribution in [3.8, 4) is 0 Å². The summed E-state index contributed by atoms with van der Waals surface area (Å²) in [4.78, 5) is 4.93. The first-order valence-corrected chi connectivity index (χ1v) is 6.53. The summed E-state index contributed by atoms with van der Waals surface area (Å²) >= 11 is 0. The molecule has 0 saturated heterocycles. The van der Waals surface area contributed by atoms with Gasteiger partial charge in [0.2, 0.25) is 0 Å². The molecule has 0 aromatic rings. The van der Waals surface area contributed by atoms with Crippen molar-refractivity contribution in [2.24, 2.45) is 0 Å². The van der Waals surface area contributed by atoms with Gasteiger partial charge in [-0.2, -0.15) is 0 Å². The van der Waals surface area contributed by atoms with Crippen LogP contribution in [0.2, 0.25) is 0 Å². The zero-order valence-corrected chi connectivity index (χ0v) is 10.6. The molecule has 0 bridgehead atoms. The zero-order chi connectivity index (χ0) is 11.1. The lowest BCUT2D eigenvalue weighted by molar-refractivity contribution is 0.151. The van der Waals surface area contributed by atoms with Crippen LogP contribution in [0, 0.1) is 0 Å². The third-order valence-corrected chi connectivity index (χ3v) is 3.22. The van der Waals surface area contributed by atoms with Crippen LogP contribution >= 0.6 is 0 Å². The highest BCUT2D eigenvalue weighted by Gasteiger charge is 2.22. The summed E-state index contributed by atoms with van der Waals surface area (Å²) in [5.74, 6) is 0. The second-order valence-corrected chi connectivity index (χ2v) is 4.32. The van der Waals surface area contributed by atoms with Crippen molar-refractivity contribution in [1.82, 2.24) is 9.80 Å². The number of hydrogen-bond donors (Lipinski definition) is 0. The molecule has 0 amide bonds. The summed E-state index contributed by atoms with van der Waals surface area (Å²) < 4.78 is 0. The first-order valence-electron chi connectivity index (χ1n) is 6.53. The van der Waals surface area contributed by atoms with Crippen molar-refractivity contribution >= 4 is 0 Å². The molecule has 0 aromatic carbocycles. The quantitative estimate of drug-likeness (QED) is 0.594. The number of rotatable bonds is 7. The van der Waals surface area contributed by atoms with Gasteiger partial charge in [-0.15, -0.1) is 0 Å². The zero-order valence-electron chi connectivity index (χ0n) is 10.6. The molecule has 1 heterocycles. The molecule has 0 fully saturated rings. The maximum atomic E-state index is 2.50. The molecule has 2 heteroatoms. The lowest BCUT2D eigenvalue weighted by atomic mass is 10.2. The number of nitrogens with zero attached hydrogens (tertiary/aromatic N) is 2. The predicted octanol–water partition coefficient (Wildman–Crippen LogP) is 3.41. The van der Waals surface area contributed by atoms with Gasteiger partial charge in [-0.05, 0) is 19.8 Å². The average molecular weight is 210 g/mol. The minimum Gasteiger partial charge on any atom is -0.356 e. The van der Waals surface area contributed by atoms with Crippen molar-refractivity contribution in [2.45, 2.75) is 59.0 Å². The maximum absolute atomic E-state index is 2.50. The van der Waals surface area contributed by atoms with Crippen LogP contribution in [0.5, 0.6) is 0 Å². The van der Waals surface area contributed by atoms with Crippen molar-refractivity contribution in [1.29, 1.82) is 0 Å². The molecular weight excluding hydrogens is 184 g/mol. The summed E-state index contributed by atoms with van der Waals surface area (Å²) in [6.45, 7) is 9.13. The van der Waals surface area contributed by atoms with Crippen LogP contribution in [-0.2, 0) is 0 Å². The Morgan fingerprint density at radius 2 is 1.67 bits per heavy atom. The van der Waals surface area contributed by atoms with Crippen LogP contribution in [-0.4, -0.2) is 29.1 Å². The molecule has 0 N–H and O–H groups in total. The topological polar surface area (TPSA) is 6.48 Å². The smallest absolute Gasteiger partial charge is 0.100 e. The highest BCUT2D eigenvalue weighted by molar-refractivity contribution is 4.95. The fourth-order valence-electron chi connectivity index (χ4n) is 2.29. The Morgan fingerprint density at radius 1 is 0.933 bits per heavy atom. The standard InChI is InChI=1S/C13H26N2/c1-4-7-8-9-10-15-12-11-14(6-3)13(15)5-2/h11-13H,4-10H2,1-3H3. The highest BCUT2D eigenvalue weighted by atomic mass is 15.4. The van der Waals surface area contributed by atoms with Crippen LogP contribution in [0.4, 0.5) is 0 Å². The van der Waals surface area contributed by atoms with E-state index in [1.807, 2.05) is 0 Å². The average Bonchev–Trinajstić information content (AvgIpc) is 2.66. The lowest BCUT2D eigenvalue weighted by Crippen LogP contribution is -2.38. The van der Waals surface area contributed by atoms with Gasteiger partial charge in [0.25, 0.3) is 0 Å². The van der Waals surface area contributed by atoms with Crippen LogP contribution in [0.3, 0.4) is 0 Å². The van der Waals surface area contributed by atoms with Crippen molar-refractivity contribution in [3.05, 3.63) is 12.4 Å². The minimum atomic E-state index is 0.622. The van der Waals surface area contributed by atoms with E-state index in [2.05, 4.69) is 43.0 Å². The maximum Gasteiger partial charge on any atom is 0.100 e. The summed E-state index contributed by atoms with van der Waals surface area (Å²) in [7, 11) is 0. The number of hydrogen-bond acceptors (Lipinski definition) is 2. The van der Waals surface area contributed by atoms with Gasteiger partial charge in [0.15, 0.2) is 0 Å². The fourth-order valence-corrected chi connectivity index (χ4v) is 2.29. The van der Waals surface area contributed by atoms with Gasteiger partial charge in [-0.3, -0.25) is 0 Å². The predicted molar refractivity (Wildman–Crippen MR) is 66.4 cm³/mol. The second kappa shape index (κ2) is 6.76. The molecule has 1 rings (SSSR count). The van der Waals surface area contributed by atoms with Gasteiger partial charge in [-0.1, -0.05) is 33.1 Å². The Hall–Kier alpha value is -0.660. The summed E-state index contributed by atoms with van der Waals surface area (Å²) in [5.41, 5.74) is 0. The summed E-state index contributed by atoms with van der Waals surface area (Å²) in [6.07, 6.45) is 11.8. The molecule has 2 nitrogen and oxygen atoms in total. The number of unbranched alkanes of at least 4 members (excludes halogenated alkanes) is 3. The monoisotopic (exact) mass is 210 g/mol. The molecule has 0 saturated carbocycles. The van der Waals surface area contributed by atoms with E-state index in [4.69, 9.17) is 0 Å².